The van der Waals surface area contributed by atoms with Gasteiger partial charge in [-0.1, -0.05) is 94.2 Å². The summed E-state index contributed by atoms with van der Waals surface area (Å²) in [5.41, 5.74) is 0. The van der Waals surface area contributed by atoms with E-state index >= 15 is 0 Å². The molecule has 0 amide bonds. The summed E-state index contributed by atoms with van der Waals surface area (Å²) in [7, 11) is 0. The van der Waals surface area contributed by atoms with Crippen LogP contribution in [-0.2, 0) is 13.1 Å². The number of unbranched alkanes of at least 4 members (excludes halogenated alkanes) is 12. The third-order valence-corrected chi connectivity index (χ3v) is 7.33. The third kappa shape index (κ3) is 8.76. The van der Waals surface area contributed by atoms with Crippen molar-refractivity contribution in [3.8, 4) is 0 Å². The molecule has 0 bridgehead atoms. The van der Waals surface area contributed by atoms with Gasteiger partial charge in [0.15, 0.2) is 24.8 Å². The van der Waals surface area contributed by atoms with E-state index in [0.29, 0.717) is 0 Å². The Bertz CT molecular complexity index is 1060. The van der Waals surface area contributed by atoms with Crippen molar-refractivity contribution in [1.82, 2.24) is 0 Å². The Morgan fingerprint density at radius 2 is 0.657 bits per heavy atom. The highest BCUT2D eigenvalue weighted by Gasteiger charge is 2.04. The fraction of sp³-hybridized carbons (Fsp3) is 0.455. The first-order valence-corrected chi connectivity index (χ1v) is 14.1. The molecule has 2 heterocycles. The molecule has 184 valence electrons. The summed E-state index contributed by atoms with van der Waals surface area (Å²) in [6.07, 6.45) is 27.1. The number of rotatable bonds is 16. The predicted molar refractivity (Wildman–Crippen MR) is 148 cm³/mol. The Kier molecular flexibility index (Phi) is 10.6. The minimum absolute atomic E-state index is 1.14. The van der Waals surface area contributed by atoms with Crippen molar-refractivity contribution in [2.24, 2.45) is 0 Å². The molecule has 2 aromatic heterocycles. The van der Waals surface area contributed by atoms with Crippen molar-refractivity contribution in [1.29, 1.82) is 0 Å². The van der Waals surface area contributed by atoms with Gasteiger partial charge in [0.2, 0.25) is 0 Å². The molecule has 2 aromatic carbocycles. The first kappa shape index (κ1) is 25.4. The highest BCUT2D eigenvalue weighted by atomic mass is 14.9. The zero-order valence-electron chi connectivity index (χ0n) is 21.6. The van der Waals surface area contributed by atoms with Crippen molar-refractivity contribution in [2.75, 3.05) is 0 Å². The molecule has 0 atom stereocenters. The van der Waals surface area contributed by atoms with Crippen molar-refractivity contribution >= 4 is 21.5 Å². The van der Waals surface area contributed by atoms with Crippen LogP contribution in [0.2, 0.25) is 0 Å². The van der Waals surface area contributed by atoms with Crippen LogP contribution in [0.5, 0.6) is 0 Å². The standard InChI is InChI=1S/C33H44N2/c1(2-4-6-8-10-16-24-34-26-22-30-18-12-14-20-32(30)28-34)3-5-7-9-11-17-25-35-27-23-31-19-13-15-21-33(31)29-35/h12-15,18-23,26-29H,1-11,16-17,24-25H2/q+2. The lowest BCUT2D eigenvalue weighted by Crippen LogP contribution is -2.32. The summed E-state index contributed by atoms with van der Waals surface area (Å²) in [6, 6.07) is 21.7. The molecule has 0 saturated carbocycles. The second-order valence-electron chi connectivity index (χ2n) is 10.2. The normalized spacial score (nSPS) is 11.4. The molecule has 0 fully saturated rings. The minimum atomic E-state index is 1.14. The lowest BCUT2D eigenvalue weighted by atomic mass is 10.0. The lowest BCUT2D eigenvalue weighted by molar-refractivity contribution is -0.696. The predicted octanol–water partition coefficient (Wildman–Crippen LogP) is 8.34. The summed E-state index contributed by atoms with van der Waals surface area (Å²) in [6.45, 7) is 2.29. The summed E-state index contributed by atoms with van der Waals surface area (Å²) >= 11 is 0. The van der Waals surface area contributed by atoms with Gasteiger partial charge < -0.3 is 0 Å². The zero-order valence-corrected chi connectivity index (χ0v) is 21.6. The molecule has 0 aliphatic heterocycles. The molecule has 0 N–H and O–H groups in total. The smallest absolute Gasteiger partial charge is 0.176 e. The Hall–Kier alpha value is -2.74. The van der Waals surface area contributed by atoms with E-state index < -0.39 is 0 Å². The molecule has 0 radical (unpaired) electrons. The number of pyridine rings is 2. The van der Waals surface area contributed by atoms with Crippen LogP contribution in [0.15, 0.2) is 85.5 Å². The van der Waals surface area contributed by atoms with Gasteiger partial charge in [0.1, 0.15) is 13.1 Å². The Balaban J connectivity index is 0.927. The first-order chi connectivity index (χ1) is 17.4. The van der Waals surface area contributed by atoms with E-state index in [2.05, 4.69) is 94.6 Å². The molecule has 0 aliphatic carbocycles. The van der Waals surface area contributed by atoms with Crippen LogP contribution in [0, 0.1) is 0 Å². The quantitative estimate of drug-likeness (QED) is 0.115. The van der Waals surface area contributed by atoms with Crippen molar-refractivity contribution in [3.05, 3.63) is 85.5 Å². The average Bonchev–Trinajstić information content (AvgIpc) is 2.90. The molecule has 0 saturated heterocycles. The maximum Gasteiger partial charge on any atom is 0.176 e. The van der Waals surface area contributed by atoms with Crippen molar-refractivity contribution in [2.45, 2.75) is 96.6 Å². The molecule has 4 aromatic rings. The molecule has 35 heavy (non-hydrogen) atoms. The van der Waals surface area contributed by atoms with Crippen LogP contribution < -0.4 is 9.13 Å². The van der Waals surface area contributed by atoms with Crippen LogP contribution in [0.4, 0.5) is 0 Å². The van der Waals surface area contributed by atoms with E-state index in [9.17, 15) is 0 Å². The maximum absolute atomic E-state index is 2.35. The Morgan fingerprint density at radius 1 is 0.343 bits per heavy atom. The Morgan fingerprint density at radius 3 is 1.03 bits per heavy atom. The second kappa shape index (κ2) is 14.6. The van der Waals surface area contributed by atoms with Crippen LogP contribution in [-0.4, -0.2) is 0 Å². The van der Waals surface area contributed by atoms with Crippen LogP contribution in [0.1, 0.15) is 83.5 Å². The van der Waals surface area contributed by atoms with Crippen LogP contribution in [0.3, 0.4) is 0 Å². The molecular weight excluding hydrogens is 424 g/mol. The summed E-state index contributed by atoms with van der Waals surface area (Å²) in [5, 5.41) is 5.35. The molecular formula is C33H44N2+2. The van der Waals surface area contributed by atoms with E-state index in [1.165, 1.54) is 105 Å². The average molecular weight is 469 g/mol. The van der Waals surface area contributed by atoms with Gasteiger partial charge >= 0.3 is 0 Å². The summed E-state index contributed by atoms with van der Waals surface area (Å²) < 4.78 is 4.70. The van der Waals surface area contributed by atoms with Gasteiger partial charge in [-0.3, -0.25) is 0 Å². The van der Waals surface area contributed by atoms with E-state index in [-0.39, 0.29) is 0 Å². The molecule has 0 unspecified atom stereocenters. The lowest BCUT2D eigenvalue weighted by Gasteiger charge is -2.03. The number of aryl methyl sites for hydroxylation is 2. The van der Waals surface area contributed by atoms with Gasteiger partial charge in [0, 0.05) is 35.7 Å². The van der Waals surface area contributed by atoms with Crippen LogP contribution in [0.25, 0.3) is 21.5 Å². The number of benzene rings is 2. The van der Waals surface area contributed by atoms with E-state index in [1.54, 1.807) is 0 Å². The number of aromatic nitrogens is 2. The maximum atomic E-state index is 2.35. The molecule has 4 rings (SSSR count). The highest BCUT2D eigenvalue weighted by Crippen LogP contribution is 2.14. The monoisotopic (exact) mass is 468 g/mol. The largest absolute Gasteiger partial charge is 0.205 e. The van der Waals surface area contributed by atoms with Crippen LogP contribution >= 0.6 is 0 Å². The zero-order chi connectivity index (χ0) is 24.0. The number of hydrogen-bond donors (Lipinski definition) is 0. The van der Waals surface area contributed by atoms with Gasteiger partial charge in [0.25, 0.3) is 0 Å². The van der Waals surface area contributed by atoms with Crippen molar-refractivity contribution in [3.63, 3.8) is 0 Å². The van der Waals surface area contributed by atoms with E-state index in [1.807, 2.05) is 0 Å². The third-order valence-electron chi connectivity index (χ3n) is 7.33. The van der Waals surface area contributed by atoms with Gasteiger partial charge in [-0.15, -0.1) is 0 Å². The van der Waals surface area contributed by atoms with E-state index in [4.69, 9.17) is 0 Å². The SMILES string of the molecule is c1ccc2c[n+](CCCCCCCCCCCCCCC[n+]3ccc4ccccc4c3)ccc2c1. The number of hydrogen-bond acceptors (Lipinski definition) is 0. The highest BCUT2D eigenvalue weighted by molar-refractivity contribution is 5.80. The number of fused-ring (bicyclic) bond motifs is 2. The fourth-order valence-electron chi connectivity index (χ4n) is 5.17. The fourth-order valence-corrected chi connectivity index (χ4v) is 5.17. The van der Waals surface area contributed by atoms with Gasteiger partial charge in [-0.05, 0) is 35.7 Å². The van der Waals surface area contributed by atoms with Gasteiger partial charge in [-0.2, -0.15) is 0 Å². The summed E-state index contributed by atoms with van der Waals surface area (Å²) in [4.78, 5) is 0. The second-order valence-corrected chi connectivity index (χ2v) is 10.2. The molecule has 2 heteroatoms. The Labute approximate surface area is 212 Å². The topological polar surface area (TPSA) is 7.76 Å². The van der Waals surface area contributed by atoms with E-state index in [0.717, 1.165) is 13.1 Å². The van der Waals surface area contributed by atoms with Gasteiger partial charge in [0.05, 0.1) is 0 Å². The molecule has 0 aliphatic rings. The molecule has 0 spiro atoms. The molecule has 2 nitrogen and oxygen atoms in total. The van der Waals surface area contributed by atoms with Crippen molar-refractivity contribution < 1.29 is 9.13 Å². The summed E-state index contributed by atoms with van der Waals surface area (Å²) in [5.74, 6) is 0. The van der Waals surface area contributed by atoms with Gasteiger partial charge in [-0.25, -0.2) is 9.13 Å². The minimum Gasteiger partial charge on any atom is -0.205 e. The number of nitrogens with zero attached hydrogens (tertiary/aromatic N) is 2. The first-order valence-electron chi connectivity index (χ1n) is 14.1.